The van der Waals surface area contributed by atoms with Crippen LogP contribution in [0.2, 0.25) is 5.02 Å². The predicted molar refractivity (Wildman–Crippen MR) is 103 cm³/mol. The second-order valence-corrected chi connectivity index (χ2v) is 8.52. The number of fused-ring (bicyclic) bond motifs is 1. The number of ether oxygens (including phenoxy) is 1. The molecule has 1 unspecified atom stereocenters. The van der Waals surface area contributed by atoms with Crippen molar-refractivity contribution in [2.75, 3.05) is 13.2 Å². The zero-order valence-electron chi connectivity index (χ0n) is 16.2. The largest absolute Gasteiger partial charge is 0.489 e. The zero-order chi connectivity index (χ0) is 22.9. The molecule has 6 nitrogen and oxygen atoms in total. The summed E-state index contributed by atoms with van der Waals surface area (Å²) in [6.45, 7) is 0.613. The first kappa shape index (κ1) is 21.8. The summed E-state index contributed by atoms with van der Waals surface area (Å²) in [4.78, 5) is 16.3. The Morgan fingerprint density at radius 2 is 2.00 bits per heavy atom. The molecule has 1 aliphatic carbocycles. The van der Waals surface area contributed by atoms with Crippen LogP contribution in [-0.2, 0) is 15.8 Å². The molecule has 0 radical (unpaired) electrons. The highest BCUT2D eigenvalue weighted by atomic mass is 35.5. The molecule has 4 rings (SSSR count). The van der Waals surface area contributed by atoms with Crippen LogP contribution in [0.5, 0.6) is 5.75 Å². The van der Waals surface area contributed by atoms with Gasteiger partial charge in [-0.1, -0.05) is 11.6 Å². The van der Waals surface area contributed by atoms with Crippen LogP contribution in [0.25, 0.3) is 11.3 Å². The Labute approximate surface area is 179 Å². The van der Waals surface area contributed by atoms with Crippen molar-refractivity contribution in [3.05, 3.63) is 46.1 Å². The van der Waals surface area contributed by atoms with E-state index < -0.39 is 58.4 Å². The molecule has 1 aliphatic heterocycles. The topological polar surface area (TPSA) is 111 Å². The SMILES string of the molecule is C[C@]1(C(N)=O)COc2c1cc([C@@](O)(CN)C1CC1(F)F)nc2-c1cc(Cl)c(F)cc1F. The molecule has 1 amide bonds. The summed E-state index contributed by atoms with van der Waals surface area (Å²) in [5.41, 5.74) is 6.76. The second-order valence-electron chi connectivity index (χ2n) is 8.11. The van der Waals surface area contributed by atoms with E-state index in [0.29, 0.717) is 6.07 Å². The van der Waals surface area contributed by atoms with E-state index in [2.05, 4.69) is 4.98 Å². The summed E-state index contributed by atoms with van der Waals surface area (Å²) in [6, 6.07) is 2.71. The van der Waals surface area contributed by atoms with Crippen LogP contribution >= 0.6 is 11.6 Å². The quantitative estimate of drug-likeness (QED) is 0.470. The van der Waals surface area contributed by atoms with Crippen molar-refractivity contribution in [2.45, 2.75) is 30.3 Å². The molecule has 0 saturated heterocycles. The second kappa shape index (κ2) is 6.78. The molecule has 5 N–H and O–H groups in total. The van der Waals surface area contributed by atoms with Crippen LogP contribution in [0, 0.1) is 17.6 Å². The molecule has 166 valence electrons. The molecule has 2 aromatic rings. The fraction of sp³-hybridized carbons (Fsp3) is 0.400. The molecule has 1 fully saturated rings. The number of hydrogen-bond donors (Lipinski definition) is 3. The lowest BCUT2D eigenvalue weighted by atomic mass is 9.81. The van der Waals surface area contributed by atoms with Crippen molar-refractivity contribution in [1.82, 2.24) is 4.98 Å². The van der Waals surface area contributed by atoms with Gasteiger partial charge in [-0.05, 0) is 19.1 Å². The van der Waals surface area contributed by atoms with Crippen molar-refractivity contribution >= 4 is 17.5 Å². The number of benzene rings is 1. The first-order valence-corrected chi connectivity index (χ1v) is 9.67. The van der Waals surface area contributed by atoms with Crippen LogP contribution in [0.1, 0.15) is 24.6 Å². The van der Waals surface area contributed by atoms with Crippen molar-refractivity contribution < 1.29 is 32.2 Å². The number of aliphatic hydroxyl groups is 1. The fourth-order valence-electron chi connectivity index (χ4n) is 3.85. The third kappa shape index (κ3) is 3.16. The van der Waals surface area contributed by atoms with Crippen molar-refractivity contribution in [3.63, 3.8) is 0 Å². The van der Waals surface area contributed by atoms with Gasteiger partial charge in [0.15, 0.2) is 0 Å². The highest BCUT2D eigenvalue weighted by Gasteiger charge is 2.67. The van der Waals surface area contributed by atoms with E-state index in [-0.39, 0.29) is 34.9 Å². The smallest absolute Gasteiger partial charge is 0.254 e. The monoisotopic (exact) mass is 459 g/mol. The van der Waals surface area contributed by atoms with Gasteiger partial charge in [-0.15, -0.1) is 0 Å². The van der Waals surface area contributed by atoms with Gasteiger partial charge in [0, 0.05) is 30.2 Å². The Morgan fingerprint density at radius 1 is 1.35 bits per heavy atom. The Hall–Kier alpha value is -2.43. The van der Waals surface area contributed by atoms with Gasteiger partial charge < -0.3 is 21.3 Å². The molecule has 1 aromatic carbocycles. The van der Waals surface area contributed by atoms with Crippen molar-refractivity contribution in [2.24, 2.45) is 17.4 Å². The maximum atomic E-state index is 14.6. The number of aromatic nitrogens is 1. The zero-order valence-corrected chi connectivity index (χ0v) is 16.9. The lowest BCUT2D eigenvalue weighted by molar-refractivity contribution is -0.123. The molecule has 1 saturated carbocycles. The summed E-state index contributed by atoms with van der Waals surface area (Å²) in [5, 5.41) is 10.6. The standard InChI is InChI=1S/C20H18ClF4N3O3/c1-18(17(27)29)7-31-16-9(18)3-14(19(30,6-26)13-5-20(13,24)25)28-15(16)8-2-10(21)12(23)4-11(8)22/h2-4,13,30H,5-7,26H2,1H3,(H2,27,29)/t13?,18-,19+/m0/s1. The molecule has 3 atom stereocenters. The number of amides is 1. The number of rotatable bonds is 5. The first-order valence-electron chi connectivity index (χ1n) is 9.29. The normalized spacial score (nSPS) is 25.5. The van der Waals surface area contributed by atoms with Gasteiger partial charge in [0.25, 0.3) is 5.92 Å². The number of primary amides is 1. The van der Waals surface area contributed by atoms with E-state index in [1.165, 1.54) is 13.0 Å². The summed E-state index contributed by atoms with van der Waals surface area (Å²) >= 11 is 5.80. The van der Waals surface area contributed by atoms with Crippen LogP contribution in [0.15, 0.2) is 18.2 Å². The number of hydrogen-bond acceptors (Lipinski definition) is 5. The van der Waals surface area contributed by atoms with Gasteiger partial charge in [-0.3, -0.25) is 4.79 Å². The number of pyridine rings is 1. The molecular weight excluding hydrogens is 442 g/mol. The lowest BCUT2D eigenvalue weighted by Gasteiger charge is -2.28. The maximum Gasteiger partial charge on any atom is 0.254 e. The van der Waals surface area contributed by atoms with Gasteiger partial charge in [0.05, 0.1) is 16.6 Å². The number of nitrogens with two attached hydrogens (primary N) is 2. The minimum absolute atomic E-state index is 0.0476. The minimum Gasteiger partial charge on any atom is -0.489 e. The van der Waals surface area contributed by atoms with E-state index in [4.69, 9.17) is 27.8 Å². The molecular formula is C20H18ClF4N3O3. The van der Waals surface area contributed by atoms with Gasteiger partial charge in [0.1, 0.15) is 40.7 Å². The van der Waals surface area contributed by atoms with Gasteiger partial charge >= 0.3 is 0 Å². The minimum atomic E-state index is -3.16. The highest BCUT2D eigenvalue weighted by molar-refractivity contribution is 6.31. The molecule has 2 aliphatic rings. The number of halogens is 5. The summed E-state index contributed by atoms with van der Waals surface area (Å²) in [7, 11) is 0. The van der Waals surface area contributed by atoms with Crippen molar-refractivity contribution in [1.29, 1.82) is 0 Å². The van der Waals surface area contributed by atoms with Gasteiger partial charge in [0.2, 0.25) is 5.91 Å². The molecule has 1 aromatic heterocycles. The summed E-state index contributed by atoms with van der Waals surface area (Å²) in [6.07, 6.45) is -0.616. The highest BCUT2D eigenvalue weighted by Crippen LogP contribution is 2.58. The van der Waals surface area contributed by atoms with E-state index in [9.17, 15) is 27.5 Å². The number of carbonyl (C=O) groups is 1. The average molecular weight is 460 g/mol. The first-order chi connectivity index (χ1) is 14.3. The predicted octanol–water partition coefficient (Wildman–Crippen LogP) is 2.62. The third-order valence-electron chi connectivity index (χ3n) is 6.04. The van der Waals surface area contributed by atoms with Crippen LogP contribution < -0.4 is 16.2 Å². The number of carbonyl (C=O) groups excluding carboxylic acids is 1. The lowest BCUT2D eigenvalue weighted by Crippen LogP contribution is -2.42. The third-order valence-corrected chi connectivity index (χ3v) is 6.33. The molecule has 11 heteroatoms. The fourth-order valence-corrected chi connectivity index (χ4v) is 4.02. The van der Waals surface area contributed by atoms with Crippen LogP contribution in [0.4, 0.5) is 17.6 Å². The molecule has 0 bridgehead atoms. The molecule has 31 heavy (non-hydrogen) atoms. The number of nitrogens with zero attached hydrogens (tertiary/aromatic N) is 1. The Balaban J connectivity index is 2.01. The van der Waals surface area contributed by atoms with Crippen LogP contribution in [-0.4, -0.2) is 35.1 Å². The Kier molecular flexibility index (Phi) is 4.77. The van der Waals surface area contributed by atoms with E-state index >= 15 is 0 Å². The summed E-state index contributed by atoms with van der Waals surface area (Å²) < 4.78 is 61.6. The van der Waals surface area contributed by atoms with E-state index in [0.717, 1.165) is 6.07 Å². The average Bonchev–Trinajstić information content (AvgIpc) is 3.22. The Bertz CT molecular complexity index is 1120. The van der Waals surface area contributed by atoms with E-state index in [1.807, 2.05) is 0 Å². The maximum absolute atomic E-state index is 14.6. The molecule has 0 spiro atoms. The van der Waals surface area contributed by atoms with Crippen LogP contribution in [0.3, 0.4) is 0 Å². The van der Waals surface area contributed by atoms with Gasteiger partial charge in [-0.2, -0.15) is 0 Å². The summed E-state index contributed by atoms with van der Waals surface area (Å²) in [5.74, 6) is -7.60. The molecule has 2 heterocycles. The van der Waals surface area contributed by atoms with Gasteiger partial charge in [-0.25, -0.2) is 22.5 Å². The Morgan fingerprint density at radius 3 is 2.55 bits per heavy atom. The number of alkyl halides is 2. The van der Waals surface area contributed by atoms with Crippen molar-refractivity contribution in [3.8, 4) is 17.0 Å². The van der Waals surface area contributed by atoms with E-state index in [1.54, 1.807) is 0 Å².